The molecular formula is C24H16F5N3O3. The zero-order chi connectivity index (χ0) is 25.3. The van der Waals surface area contributed by atoms with E-state index >= 15 is 0 Å². The van der Waals surface area contributed by atoms with Gasteiger partial charge in [0.1, 0.15) is 17.4 Å². The number of para-hydroxylation sites is 1. The van der Waals surface area contributed by atoms with Gasteiger partial charge >= 0.3 is 6.18 Å². The van der Waals surface area contributed by atoms with E-state index in [2.05, 4.69) is 5.10 Å². The predicted molar refractivity (Wildman–Crippen MR) is 115 cm³/mol. The van der Waals surface area contributed by atoms with Crippen LogP contribution in [0.1, 0.15) is 27.5 Å². The van der Waals surface area contributed by atoms with E-state index in [4.69, 9.17) is 4.42 Å². The Morgan fingerprint density at radius 1 is 1.06 bits per heavy atom. The minimum atomic E-state index is -4.74. The molecule has 35 heavy (non-hydrogen) atoms. The van der Waals surface area contributed by atoms with Crippen molar-refractivity contribution in [2.45, 2.75) is 19.6 Å². The van der Waals surface area contributed by atoms with Crippen molar-refractivity contribution in [1.82, 2.24) is 9.78 Å². The maximum Gasteiger partial charge on any atom is 0.418 e. The van der Waals surface area contributed by atoms with E-state index in [-0.39, 0.29) is 23.7 Å². The lowest BCUT2D eigenvalue weighted by Crippen LogP contribution is -2.36. The van der Waals surface area contributed by atoms with Crippen molar-refractivity contribution in [3.63, 3.8) is 0 Å². The minimum Gasteiger partial charge on any atom is -0.467 e. The number of rotatable bonds is 5. The van der Waals surface area contributed by atoms with Crippen molar-refractivity contribution < 1.29 is 31.2 Å². The van der Waals surface area contributed by atoms with E-state index in [9.17, 15) is 31.5 Å². The molecule has 0 radical (unpaired) electrons. The second kappa shape index (κ2) is 9.16. The number of furan rings is 1. The second-order valence-electron chi connectivity index (χ2n) is 7.49. The molecular weight excluding hydrogens is 473 g/mol. The summed E-state index contributed by atoms with van der Waals surface area (Å²) in [6, 6.07) is 11.0. The summed E-state index contributed by atoms with van der Waals surface area (Å²) in [5, 5.41) is 3.92. The number of hydrogen-bond donors (Lipinski definition) is 0. The molecule has 0 unspecified atom stereocenters. The third-order valence-corrected chi connectivity index (χ3v) is 5.09. The molecule has 2 aromatic heterocycles. The number of anilines is 1. The van der Waals surface area contributed by atoms with Gasteiger partial charge in [0.2, 0.25) is 5.43 Å². The van der Waals surface area contributed by atoms with Crippen LogP contribution in [-0.4, -0.2) is 15.7 Å². The van der Waals surface area contributed by atoms with Crippen molar-refractivity contribution in [2.75, 3.05) is 4.90 Å². The summed E-state index contributed by atoms with van der Waals surface area (Å²) in [6.07, 6.45) is -3.43. The van der Waals surface area contributed by atoms with Gasteiger partial charge in [-0.15, -0.1) is 0 Å². The van der Waals surface area contributed by atoms with Crippen molar-refractivity contribution in [1.29, 1.82) is 0 Å². The molecule has 11 heteroatoms. The van der Waals surface area contributed by atoms with Crippen LogP contribution in [0, 0.1) is 18.6 Å². The highest BCUT2D eigenvalue weighted by Crippen LogP contribution is 2.33. The molecule has 180 valence electrons. The number of halogens is 5. The van der Waals surface area contributed by atoms with Gasteiger partial charge in [-0.2, -0.15) is 18.3 Å². The summed E-state index contributed by atoms with van der Waals surface area (Å²) in [4.78, 5) is 26.9. The fourth-order valence-electron chi connectivity index (χ4n) is 3.49. The summed E-state index contributed by atoms with van der Waals surface area (Å²) in [5.41, 5.74) is -3.43. The summed E-state index contributed by atoms with van der Waals surface area (Å²) >= 11 is 0. The Bertz CT molecular complexity index is 1450. The zero-order valence-corrected chi connectivity index (χ0v) is 18.0. The Morgan fingerprint density at radius 2 is 1.80 bits per heavy atom. The quantitative estimate of drug-likeness (QED) is 0.358. The van der Waals surface area contributed by atoms with Crippen LogP contribution in [0.15, 0.2) is 76.1 Å². The Balaban J connectivity index is 1.87. The lowest BCUT2D eigenvalue weighted by atomic mass is 10.1. The van der Waals surface area contributed by atoms with Crippen molar-refractivity contribution >= 4 is 11.6 Å². The molecule has 0 saturated carbocycles. The highest BCUT2D eigenvalue weighted by molar-refractivity contribution is 6.04. The molecule has 6 nitrogen and oxygen atoms in total. The van der Waals surface area contributed by atoms with E-state index in [0.717, 1.165) is 39.9 Å². The van der Waals surface area contributed by atoms with Crippen LogP contribution < -0.4 is 10.3 Å². The normalized spacial score (nSPS) is 11.5. The van der Waals surface area contributed by atoms with Gasteiger partial charge in [-0.25, -0.2) is 13.5 Å². The monoisotopic (exact) mass is 489 g/mol. The summed E-state index contributed by atoms with van der Waals surface area (Å²) in [5.74, 6) is -2.90. The second-order valence-corrected chi connectivity index (χ2v) is 7.49. The number of aromatic nitrogens is 2. The SMILES string of the molecule is Cc1cc(=O)c(C(=O)N(Cc2ccco2)c2ccc(F)cc2F)nn1-c1ccccc1C(F)(F)F. The molecule has 0 aliphatic carbocycles. The van der Waals surface area contributed by atoms with E-state index in [1.54, 1.807) is 0 Å². The molecule has 0 aliphatic rings. The van der Waals surface area contributed by atoms with Gasteiger partial charge < -0.3 is 4.42 Å². The number of benzene rings is 2. The van der Waals surface area contributed by atoms with E-state index in [1.807, 2.05) is 0 Å². The van der Waals surface area contributed by atoms with E-state index in [0.29, 0.717) is 6.07 Å². The Morgan fingerprint density at radius 3 is 2.46 bits per heavy atom. The van der Waals surface area contributed by atoms with Crippen LogP contribution in [0.2, 0.25) is 0 Å². The summed E-state index contributed by atoms with van der Waals surface area (Å²) in [7, 11) is 0. The number of nitrogens with zero attached hydrogens (tertiary/aromatic N) is 3. The van der Waals surface area contributed by atoms with Gasteiger partial charge in [-0.1, -0.05) is 12.1 Å². The van der Waals surface area contributed by atoms with Crippen LogP contribution in [-0.2, 0) is 12.7 Å². The molecule has 0 spiro atoms. The average Bonchev–Trinajstić information content (AvgIpc) is 3.30. The number of carbonyl (C=O) groups excluding carboxylic acids is 1. The number of carbonyl (C=O) groups is 1. The highest BCUT2D eigenvalue weighted by Gasteiger charge is 2.34. The smallest absolute Gasteiger partial charge is 0.418 e. The molecule has 0 atom stereocenters. The first-order valence-corrected chi connectivity index (χ1v) is 10.1. The molecule has 2 aromatic carbocycles. The Labute approximate surface area is 194 Å². The van der Waals surface area contributed by atoms with Gasteiger partial charge in [0.05, 0.1) is 29.7 Å². The highest BCUT2D eigenvalue weighted by atomic mass is 19.4. The third kappa shape index (κ3) is 4.84. The summed E-state index contributed by atoms with van der Waals surface area (Å²) in [6.45, 7) is 0.999. The number of amides is 1. The lowest BCUT2D eigenvalue weighted by molar-refractivity contribution is -0.137. The Kier molecular flexibility index (Phi) is 6.25. The first kappa shape index (κ1) is 23.9. The fourth-order valence-corrected chi connectivity index (χ4v) is 3.49. The van der Waals surface area contributed by atoms with Gasteiger partial charge in [-0.3, -0.25) is 14.5 Å². The standard InChI is InChI=1S/C24H16F5N3O3/c1-14-11-21(33)22(30-32(14)19-7-3-2-6-17(19)24(27,28)29)23(34)31(13-16-5-4-10-35-16)20-9-8-15(25)12-18(20)26/h2-12H,13H2,1H3. The van der Waals surface area contributed by atoms with Gasteiger partial charge in [0.15, 0.2) is 5.69 Å². The van der Waals surface area contributed by atoms with Crippen molar-refractivity contribution in [3.8, 4) is 5.69 Å². The number of aryl methyl sites for hydroxylation is 1. The van der Waals surface area contributed by atoms with Crippen LogP contribution in [0.25, 0.3) is 5.69 Å². The predicted octanol–water partition coefficient (Wildman–Crippen LogP) is 5.28. The largest absolute Gasteiger partial charge is 0.467 e. The Hall–Kier alpha value is -4.28. The van der Waals surface area contributed by atoms with E-state index < -0.39 is 46.1 Å². The first-order valence-electron chi connectivity index (χ1n) is 10.1. The van der Waals surface area contributed by atoms with Crippen LogP contribution >= 0.6 is 0 Å². The van der Waals surface area contributed by atoms with Crippen LogP contribution in [0.5, 0.6) is 0 Å². The maximum atomic E-state index is 14.6. The first-order chi connectivity index (χ1) is 16.6. The maximum absolute atomic E-state index is 14.6. The molecule has 0 fully saturated rings. The third-order valence-electron chi connectivity index (χ3n) is 5.09. The van der Waals surface area contributed by atoms with Crippen LogP contribution in [0.4, 0.5) is 27.6 Å². The average molecular weight is 489 g/mol. The van der Waals surface area contributed by atoms with Crippen molar-refractivity contribution in [2.24, 2.45) is 0 Å². The molecule has 4 aromatic rings. The topological polar surface area (TPSA) is 68.3 Å². The van der Waals surface area contributed by atoms with Gasteiger partial charge in [0, 0.05) is 17.8 Å². The number of alkyl halides is 3. The molecule has 0 N–H and O–H groups in total. The molecule has 1 amide bonds. The fraction of sp³-hybridized carbons (Fsp3) is 0.125. The zero-order valence-electron chi connectivity index (χ0n) is 18.0. The molecule has 0 saturated heterocycles. The summed E-state index contributed by atoms with van der Waals surface area (Å²) < 4.78 is 74.9. The molecule has 0 aliphatic heterocycles. The molecule has 0 bridgehead atoms. The van der Waals surface area contributed by atoms with Crippen molar-refractivity contribution in [3.05, 3.63) is 111 Å². The van der Waals surface area contributed by atoms with E-state index in [1.165, 1.54) is 37.5 Å². The number of hydrogen-bond acceptors (Lipinski definition) is 4. The van der Waals surface area contributed by atoms with Gasteiger partial charge in [-0.05, 0) is 43.3 Å². The molecule has 4 rings (SSSR count). The minimum absolute atomic E-state index is 0.0359. The van der Waals surface area contributed by atoms with Crippen LogP contribution in [0.3, 0.4) is 0 Å². The molecule has 2 heterocycles. The lowest BCUT2D eigenvalue weighted by Gasteiger charge is -2.23. The van der Waals surface area contributed by atoms with Gasteiger partial charge in [0.25, 0.3) is 5.91 Å².